The monoisotopic (exact) mass is 551 g/mol. The minimum atomic E-state index is -2.29. The second-order valence-corrected chi connectivity index (χ2v) is 7.98. The third kappa shape index (κ3) is 7.13. The Bertz CT molecular complexity index is 1420. The van der Waals surface area contributed by atoms with Gasteiger partial charge in [0.1, 0.15) is 11.5 Å². The van der Waals surface area contributed by atoms with Gasteiger partial charge < -0.3 is 34.1 Å². The van der Waals surface area contributed by atoms with Crippen LogP contribution in [0.3, 0.4) is 0 Å². The van der Waals surface area contributed by atoms with Gasteiger partial charge in [0.2, 0.25) is 12.2 Å². The van der Waals surface area contributed by atoms with Crippen molar-refractivity contribution in [3.8, 4) is 11.5 Å². The second kappa shape index (κ2) is 13.4. The summed E-state index contributed by atoms with van der Waals surface area (Å²) in [7, 11) is 3.88. The van der Waals surface area contributed by atoms with E-state index in [-0.39, 0.29) is 22.4 Å². The summed E-state index contributed by atoms with van der Waals surface area (Å²) in [4.78, 5) is 63.6. The number of carbonyl (C=O) groups is 5. The lowest BCUT2D eigenvalue weighted by Crippen LogP contribution is -2.48. The van der Waals surface area contributed by atoms with Crippen LogP contribution >= 0.6 is 0 Å². The molecular weight excluding hydrogens is 526 g/mol. The normalized spacial score (nSPS) is 11.8. The number of nitrogens with one attached hydrogen (secondary N) is 1. The molecule has 1 amide bonds. The lowest BCUT2D eigenvalue weighted by atomic mass is 10.1. The summed E-state index contributed by atoms with van der Waals surface area (Å²) < 4.78 is 25.3. The molecule has 0 saturated carbocycles. The molecule has 3 aromatic rings. The first-order chi connectivity index (χ1) is 19.2. The minimum absolute atomic E-state index is 0.0588. The number of anilines is 1. The number of ether oxygens (including phenoxy) is 5. The fourth-order valence-corrected chi connectivity index (χ4v) is 3.45. The highest BCUT2D eigenvalue weighted by Crippen LogP contribution is 2.21. The van der Waals surface area contributed by atoms with E-state index in [9.17, 15) is 29.1 Å². The van der Waals surface area contributed by atoms with E-state index in [0.717, 1.165) is 7.11 Å². The minimum Gasteiger partial charge on any atom is -0.497 e. The Kier molecular flexibility index (Phi) is 9.79. The predicted octanol–water partition coefficient (Wildman–Crippen LogP) is 2.96. The van der Waals surface area contributed by atoms with E-state index in [2.05, 4.69) is 5.32 Å². The van der Waals surface area contributed by atoms with Crippen LogP contribution in [0.5, 0.6) is 11.5 Å². The van der Waals surface area contributed by atoms with Crippen LogP contribution in [-0.2, 0) is 23.8 Å². The number of rotatable bonds is 11. The molecule has 0 radical (unpaired) electrons. The fraction of sp³-hybridized carbons (Fsp3) is 0.179. The number of carboxylic acid groups (broad SMARTS) is 1. The largest absolute Gasteiger partial charge is 0.497 e. The highest BCUT2D eigenvalue weighted by Gasteiger charge is 2.41. The maximum Gasteiger partial charge on any atom is 0.349 e. The van der Waals surface area contributed by atoms with Crippen molar-refractivity contribution in [3.05, 3.63) is 89.5 Å². The maximum atomic E-state index is 13.4. The zero-order valence-electron chi connectivity index (χ0n) is 21.6. The van der Waals surface area contributed by atoms with Gasteiger partial charge in [-0.15, -0.1) is 0 Å². The molecule has 0 saturated heterocycles. The Labute approximate surface area is 228 Å². The Hall–Kier alpha value is -5.39. The lowest BCUT2D eigenvalue weighted by Gasteiger charge is -2.24. The molecule has 0 heterocycles. The van der Waals surface area contributed by atoms with Crippen LogP contribution in [0.4, 0.5) is 5.69 Å². The van der Waals surface area contributed by atoms with Crippen molar-refractivity contribution in [3.63, 3.8) is 0 Å². The smallest absolute Gasteiger partial charge is 0.349 e. The predicted molar refractivity (Wildman–Crippen MR) is 138 cm³/mol. The maximum absolute atomic E-state index is 13.4. The van der Waals surface area contributed by atoms with Gasteiger partial charge in [-0.1, -0.05) is 24.3 Å². The molecule has 2 atom stereocenters. The summed E-state index contributed by atoms with van der Waals surface area (Å²) in [5, 5.41) is 12.3. The molecule has 0 bridgehead atoms. The average Bonchev–Trinajstić information content (AvgIpc) is 2.98. The molecule has 2 N–H and O–H groups in total. The van der Waals surface area contributed by atoms with Crippen LogP contribution in [0.1, 0.15) is 31.1 Å². The van der Waals surface area contributed by atoms with Crippen LogP contribution in [0.15, 0.2) is 72.8 Å². The topological polar surface area (TPSA) is 164 Å². The van der Waals surface area contributed by atoms with Crippen LogP contribution < -0.4 is 14.8 Å². The molecular formula is C28H25NO11. The highest BCUT2D eigenvalue weighted by molar-refractivity contribution is 6.05. The van der Waals surface area contributed by atoms with Crippen molar-refractivity contribution in [2.24, 2.45) is 0 Å². The number of carbonyl (C=O) groups excluding carboxylic acids is 4. The van der Waals surface area contributed by atoms with Crippen molar-refractivity contribution in [2.45, 2.75) is 12.2 Å². The van der Waals surface area contributed by atoms with Gasteiger partial charge in [0, 0.05) is 0 Å². The first kappa shape index (κ1) is 29.2. The quantitative estimate of drug-likeness (QED) is 0.266. The molecule has 12 nitrogen and oxygen atoms in total. The molecule has 3 rings (SSSR count). The summed E-state index contributed by atoms with van der Waals surface area (Å²) in [5.74, 6) is -5.42. The van der Waals surface area contributed by atoms with Crippen LogP contribution in [0, 0.1) is 0 Å². The summed E-state index contributed by atoms with van der Waals surface area (Å²) in [6.07, 6.45) is -4.49. The Morgan fingerprint density at radius 1 is 0.675 bits per heavy atom. The van der Waals surface area contributed by atoms with Crippen molar-refractivity contribution < 1.29 is 52.8 Å². The number of esters is 3. The summed E-state index contributed by atoms with van der Waals surface area (Å²) in [6.45, 7) is 0. The van der Waals surface area contributed by atoms with Crippen LogP contribution in [0.2, 0.25) is 0 Å². The van der Waals surface area contributed by atoms with Gasteiger partial charge in [-0.25, -0.2) is 19.2 Å². The average molecular weight is 552 g/mol. The van der Waals surface area contributed by atoms with Crippen LogP contribution in [-0.4, -0.2) is 68.4 Å². The zero-order chi connectivity index (χ0) is 29.2. The van der Waals surface area contributed by atoms with Gasteiger partial charge in [0.15, 0.2) is 0 Å². The summed E-state index contributed by atoms with van der Waals surface area (Å²) in [6, 6.07) is 17.1. The van der Waals surface area contributed by atoms with Crippen LogP contribution in [0.25, 0.3) is 0 Å². The van der Waals surface area contributed by atoms with E-state index in [4.69, 9.17) is 23.7 Å². The molecule has 0 spiro atoms. The van der Waals surface area contributed by atoms with Crippen molar-refractivity contribution in [1.29, 1.82) is 0 Å². The van der Waals surface area contributed by atoms with Gasteiger partial charge in [-0.2, -0.15) is 0 Å². The van der Waals surface area contributed by atoms with E-state index in [1.165, 1.54) is 74.9 Å². The highest BCUT2D eigenvalue weighted by atomic mass is 16.6. The van der Waals surface area contributed by atoms with Gasteiger partial charge in [0.25, 0.3) is 5.91 Å². The summed E-state index contributed by atoms with van der Waals surface area (Å²) >= 11 is 0. The molecule has 0 unspecified atom stereocenters. The number of hydrogen-bond donors (Lipinski definition) is 2. The van der Waals surface area contributed by atoms with E-state index >= 15 is 0 Å². The van der Waals surface area contributed by atoms with E-state index in [0.29, 0.717) is 11.5 Å². The number of carboxylic acids is 1. The summed E-state index contributed by atoms with van der Waals surface area (Å²) in [5.41, 5.74) is -0.281. The molecule has 0 aromatic heterocycles. The lowest BCUT2D eigenvalue weighted by molar-refractivity contribution is -0.157. The Morgan fingerprint density at radius 2 is 1.20 bits per heavy atom. The molecule has 0 aliphatic carbocycles. The van der Waals surface area contributed by atoms with Gasteiger partial charge in [0.05, 0.1) is 43.7 Å². The first-order valence-corrected chi connectivity index (χ1v) is 11.6. The molecule has 3 aromatic carbocycles. The molecule has 40 heavy (non-hydrogen) atoms. The van der Waals surface area contributed by atoms with Gasteiger partial charge in [-0.3, -0.25) is 4.79 Å². The van der Waals surface area contributed by atoms with Crippen molar-refractivity contribution in [1.82, 2.24) is 0 Å². The fourth-order valence-electron chi connectivity index (χ4n) is 3.45. The SMILES string of the molecule is COC(=O)c1ccccc1NC(=O)[C@@H](OC(=O)c1cccc(OC)c1)[C@H](OC(=O)c1cccc(OC)c1)C(=O)O. The number of amides is 1. The molecule has 12 heteroatoms. The number of hydrogen-bond acceptors (Lipinski definition) is 10. The number of methoxy groups -OCH3 is 3. The van der Waals surface area contributed by atoms with E-state index < -0.39 is 42.0 Å². The number of benzene rings is 3. The first-order valence-electron chi connectivity index (χ1n) is 11.6. The number of para-hydroxylation sites is 1. The third-order valence-corrected chi connectivity index (χ3v) is 5.45. The molecule has 0 aliphatic heterocycles. The second-order valence-electron chi connectivity index (χ2n) is 7.98. The van der Waals surface area contributed by atoms with Crippen molar-refractivity contribution in [2.75, 3.05) is 26.6 Å². The Morgan fingerprint density at radius 3 is 1.70 bits per heavy atom. The molecule has 0 fully saturated rings. The van der Waals surface area contributed by atoms with Gasteiger partial charge >= 0.3 is 23.9 Å². The standard InChI is InChI=1S/C28H25NO11/c1-36-18-10-6-8-16(14-18)26(33)39-22(24(30)29-21-13-5-4-12-20(21)28(35)38-3)23(25(31)32)40-27(34)17-9-7-11-19(15-17)37-2/h4-15,22-23H,1-3H3,(H,29,30)(H,31,32)/t22-,23-/m0/s1. The van der Waals surface area contributed by atoms with E-state index in [1.807, 2.05) is 0 Å². The number of aliphatic carboxylic acids is 1. The molecule has 208 valence electrons. The van der Waals surface area contributed by atoms with Crippen molar-refractivity contribution >= 4 is 35.5 Å². The Balaban J connectivity index is 1.98. The zero-order valence-corrected chi connectivity index (χ0v) is 21.6. The van der Waals surface area contributed by atoms with Gasteiger partial charge in [-0.05, 0) is 48.5 Å². The van der Waals surface area contributed by atoms with E-state index in [1.54, 1.807) is 12.1 Å². The third-order valence-electron chi connectivity index (χ3n) is 5.45. The molecule has 0 aliphatic rings.